The summed E-state index contributed by atoms with van der Waals surface area (Å²) in [6.07, 6.45) is 1.63. The lowest BCUT2D eigenvalue weighted by Gasteiger charge is -2.49. The Kier molecular flexibility index (Phi) is 5.59. The van der Waals surface area contributed by atoms with Crippen molar-refractivity contribution in [3.05, 3.63) is 0 Å². The Morgan fingerprint density at radius 3 is 2.57 bits per heavy atom. The Morgan fingerprint density at radius 2 is 2.00 bits per heavy atom. The molecule has 2 fully saturated rings. The third-order valence-electron chi connectivity index (χ3n) is 5.07. The number of nitrogens with one attached hydrogen (secondary N) is 2. The van der Waals surface area contributed by atoms with Gasteiger partial charge in [0.2, 0.25) is 0 Å². The number of aliphatic hydroxyl groups is 1. The van der Waals surface area contributed by atoms with Gasteiger partial charge in [0.05, 0.1) is 18.2 Å². The molecule has 5 unspecified atom stereocenters. The Labute approximate surface area is 139 Å². The zero-order valence-electron chi connectivity index (χ0n) is 15.0. The lowest BCUT2D eigenvalue weighted by atomic mass is 9.71. The number of fused-ring (bicyclic) bond motifs is 1. The summed E-state index contributed by atoms with van der Waals surface area (Å²) in [5.74, 6) is 0.349. The predicted molar refractivity (Wildman–Crippen MR) is 88.3 cm³/mol. The van der Waals surface area contributed by atoms with Gasteiger partial charge in [0, 0.05) is 31.1 Å². The zero-order valence-corrected chi connectivity index (χ0v) is 15.0. The van der Waals surface area contributed by atoms with Crippen molar-refractivity contribution in [2.75, 3.05) is 19.8 Å². The second kappa shape index (κ2) is 6.95. The summed E-state index contributed by atoms with van der Waals surface area (Å²) in [7, 11) is 0. The molecule has 6 nitrogen and oxygen atoms in total. The van der Waals surface area contributed by atoms with Crippen molar-refractivity contribution in [1.82, 2.24) is 10.6 Å². The number of hydrogen-bond acceptors (Lipinski definition) is 5. The summed E-state index contributed by atoms with van der Waals surface area (Å²) in [6.45, 7) is 11.3. The van der Waals surface area contributed by atoms with Gasteiger partial charge in [-0.2, -0.15) is 0 Å². The Balaban J connectivity index is 1.93. The molecule has 0 aromatic rings. The maximum Gasteiger partial charge on any atom is 0.407 e. The molecule has 3 N–H and O–H groups in total. The molecule has 1 saturated heterocycles. The normalized spacial score (nSPS) is 32.6. The highest BCUT2D eigenvalue weighted by Gasteiger charge is 2.54. The Bertz CT molecular complexity index is 417. The van der Waals surface area contributed by atoms with Crippen molar-refractivity contribution < 1.29 is 19.4 Å². The van der Waals surface area contributed by atoms with Crippen LogP contribution in [0.25, 0.3) is 0 Å². The standard InChI is InChI=1S/C17H32N2O4/c1-6-17(5,10-20)9-18-13-12(11-7-8-22-14(11)13)19-15(21)23-16(2,3)4/h11-14,18,20H,6-10H2,1-5H3,(H,19,21). The van der Waals surface area contributed by atoms with Gasteiger partial charge in [-0.1, -0.05) is 13.8 Å². The molecule has 2 rings (SSSR count). The SMILES string of the molecule is CCC(C)(CO)CNC1C(NC(=O)OC(C)(C)C)C2CCOC21. The van der Waals surface area contributed by atoms with E-state index >= 15 is 0 Å². The Morgan fingerprint density at radius 1 is 1.30 bits per heavy atom. The third kappa shape index (κ3) is 4.37. The highest BCUT2D eigenvalue weighted by atomic mass is 16.6. The van der Waals surface area contributed by atoms with Crippen LogP contribution >= 0.6 is 0 Å². The molecule has 1 heterocycles. The molecule has 0 spiro atoms. The van der Waals surface area contributed by atoms with E-state index < -0.39 is 5.60 Å². The number of carbonyl (C=O) groups is 1. The molecule has 134 valence electrons. The lowest BCUT2D eigenvalue weighted by Crippen LogP contribution is -2.71. The van der Waals surface area contributed by atoms with Crippen LogP contribution in [-0.4, -0.2) is 54.7 Å². The van der Waals surface area contributed by atoms with E-state index in [0.29, 0.717) is 12.5 Å². The number of hydrogen-bond donors (Lipinski definition) is 3. The van der Waals surface area contributed by atoms with Gasteiger partial charge in [-0.05, 0) is 33.6 Å². The summed E-state index contributed by atoms with van der Waals surface area (Å²) in [5, 5.41) is 16.1. The number of alkyl carbamates (subject to hydrolysis) is 1. The van der Waals surface area contributed by atoms with Gasteiger partial charge in [-0.25, -0.2) is 4.79 Å². The minimum Gasteiger partial charge on any atom is -0.444 e. The van der Waals surface area contributed by atoms with Gasteiger partial charge in [-0.3, -0.25) is 0 Å². The highest BCUT2D eigenvalue weighted by Crippen LogP contribution is 2.39. The summed E-state index contributed by atoms with van der Waals surface area (Å²) >= 11 is 0. The molecule has 0 aromatic heterocycles. The van der Waals surface area contributed by atoms with Crippen molar-refractivity contribution in [3.8, 4) is 0 Å². The average molecular weight is 328 g/mol. The maximum atomic E-state index is 12.1. The van der Waals surface area contributed by atoms with E-state index in [1.165, 1.54) is 0 Å². The van der Waals surface area contributed by atoms with Gasteiger partial charge in [0.25, 0.3) is 0 Å². The van der Waals surface area contributed by atoms with E-state index in [2.05, 4.69) is 24.5 Å². The fraction of sp³-hybridized carbons (Fsp3) is 0.941. The molecule has 1 amide bonds. The largest absolute Gasteiger partial charge is 0.444 e. The van der Waals surface area contributed by atoms with Crippen LogP contribution in [-0.2, 0) is 9.47 Å². The van der Waals surface area contributed by atoms with Crippen LogP contribution in [0.15, 0.2) is 0 Å². The second-order valence-corrected chi connectivity index (χ2v) is 8.19. The van der Waals surface area contributed by atoms with Crippen LogP contribution < -0.4 is 10.6 Å². The van der Waals surface area contributed by atoms with Gasteiger partial charge < -0.3 is 25.2 Å². The van der Waals surface area contributed by atoms with Crippen molar-refractivity contribution in [2.45, 2.75) is 71.2 Å². The predicted octanol–water partition coefficient (Wildman–Crippen LogP) is 1.67. The lowest BCUT2D eigenvalue weighted by molar-refractivity contribution is -0.0385. The molecule has 2 aliphatic rings. The van der Waals surface area contributed by atoms with Crippen molar-refractivity contribution in [3.63, 3.8) is 0 Å². The molecule has 0 bridgehead atoms. The van der Waals surface area contributed by atoms with E-state index in [-0.39, 0.29) is 36.3 Å². The third-order valence-corrected chi connectivity index (χ3v) is 5.07. The van der Waals surface area contributed by atoms with Crippen LogP contribution in [0.2, 0.25) is 0 Å². The maximum absolute atomic E-state index is 12.1. The monoisotopic (exact) mass is 328 g/mol. The first-order chi connectivity index (χ1) is 10.7. The first-order valence-electron chi connectivity index (χ1n) is 8.64. The summed E-state index contributed by atoms with van der Waals surface area (Å²) in [4.78, 5) is 12.1. The number of rotatable bonds is 6. The van der Waals surface area contributed by atoms with Crippen LogP contribution in [0.4, 0.5) is 4.79 Å². The minimum atomic E-state index is -0.500. The van der Waals surface area contributed by atoms with Crippen LogP contribution in [0, 0.1) is 11.3 Å². The molecule has 0 radical (unpaired) electrons. The van der Waals surface area contributed by atoms with Crippen molar-refractivity contribution in [1.29, 1.82) is 0 Å². The molecule has 1 saturated carbocycles. The minimum absolute atomic E-state index is 0.0251. The zero-order chi connectivity index (χ0) is 17.3. The smallest absolute Gasteiger partial charge is 0.407 e. The molecular weight excluding hydrogens is 296 g/mol. The number of ether oxygens (including phenoxy) is 2. The molecule has 23 heavy (non-hydrogen) atoms. The van der Waals surface area contributed by atoms with Gasteiger partial charge >= 0.3 is 6.09 Å². The number of amides is 1. The molecule has 1 aliphatic heterocycles. The van der Waals surface area contributed by atoms with E-state index in [4.69, 9.17) is 9.47 Å². The summed E-state index contributed by atoms with van der Waals surface area (Å²) in [5.41, 5.74) is -0.653. The van der Waals surface area contributed by atoms with Gasteiger partial charge in [0.1, 0.15) is 5.60 Å². The van der Waals surface area contributed by atoms with E-state index in [1.807, 2.05) is 20.8 Å². The van der Waals surface area contributed by atoms with Crippen molar-refractivity contribution >= 4 is 6.09 Å². The van der Waals surface area contributed by atoms with Crippen LogP contribution in [0.3, 0.4) is 0 Å². The average Bonchev–Trinajstić information content (AvgIpc) is 2.87. The Hall–Kier alpha value is -0.850. The number of carbonyl (C=O) groups excluding carboxylic acids is 1. The van der Waals surface area contributed by atoms with E-state index in [0.717, 1.165) is 19.4 Å². The highest BCUT2D eigenvalue weighted by molar-refractivity contribution is 5.68. The fourth-order valence-corrected chi connectivity index (χ4v) is 3.25. The first kappa shape index (κ1) is 18.5. The van der Waals surface area contributed by atoms with Gasteiger partial charge in [0.15, 0.2) is 0 Å². The van der Waals surface area contributed by atoms with Crippen LogP contribution in [0.5, 0.6) is 0 Å². The summed E-state index contributed by atoms with van der Waals surface area (Å²) < 4.78 is 11.2. The topological polar surface area (TPSA) is 79.8 Å². The molecule has 6 heteroatoms. The summed E-state index contributed by atoms with van der Waals surface area (Å²) in [6, 6.07) is 0.101. The first-order valence-corrected chi connectivity index (χ1v) is 8.64. The quantitative estimate of drug-likeness (QED) is 0.691. The van der Waals surface area contributed by atoms with E-state index in [9.17, 15) is 9.90 Å². The molecular formula is C17H32N2O4. The van der Waals surface area contributed by atoms with Crippen LogP contribution in [0.1, 0.15) is 47.5 Å². The molecule has 5 atom stereocenters. The van der Waals surface area contributed by atoms with Gasteiger partial charge in [-0.15, -0.1) is 0 Å². The van der Waals surface area contributed by atoms with E-state index in [1.54, 1.807) is 0 Å². The number of aliphatic hydroxyl groups excluding tert-OH is 1. The fourth-order valence-electron chi connectivity index (χ4n) is 3.25. The second-order valence-electron chi connectivity index (χ2n) is 8.19. The van der Waals surface area contributed by atoms with Crippen molar-refractivity contribution in [2.24, 2.45) is 11.3 Å². The molecule has 1 aliphatic carbocycles. The molecule has 0 aromatic carbocycles.